The van der Waals surface area contributed by atoms with Gasteiger partial charge in [0.2, 0.25) is 23.6 Å². The summed E-state index contributed by atoms with van der Waals surface area (Å²) < 4.78 is 5.21. The maximum Gasteiger partial charge on any atom is 0.322 e. The van der Waals surface area contributed by atoms with Crippen LogP contribution in [-0.4, -0.2) is 102 Å². The number of likely N-dealkylation sites (tertiary alicyclic amines) is 1. The van der Waals surface area contributed by atoms with Gasteiger partial charge in [0.25, 0.3) is 0 Å². The fourth-order valence-corrected chi connectivity index (χ4v) is 5.34. The van der Waals surface area contributed by atoms with Crippen LogP contribution in [0.4, 0.5) is 0 Å². The van der Waals surface area contributed by atoms with E-state index in [2.05, 4.69) is 73.8 Å². The molecule has 0 aromatic heterocycles. The summed E-state index contributed by atoms with van der Waals surface area (Å²) in [6.07, 6.45) is 2.71. The van der Waals surface area contributed by atoms with Crippen LogP contribution in [0, 0.1) is 0 Å². The highest BCUT2D eigenvalue weighted by molar-refractivity contribution is 7.15. The van der Waals surface area contributed by atoms with Crippen LogP contribution in [0.3, 0.4) is 0 Å². The van der Waals surface area contributed by atoms with Crippen molar-refractivity contribution in [1.82, 2.24) is 36.1 Å². The molecule has 0 radical (unpaired) electrons. The van der Waals surface area contributed by atoms with Crippen LogP contribution in [0.2, 0.25) is 0 Å². The van der Waals surface area contributed by atoms with Crippen molar-refractivity contribution in [3.63, 3.8) is 0 Å². The number of hydrogen-bond acceptors (Lipinski definition) is 9. The predicted molar refractivity (Wildman–Crippen MR) is 176 cm³/mol. The number of amides is 4. The quantitative estimate of drug-likeness (QED) is 0.0306. The van der Waals surface area contributed by atoms with Crippen molar-refractivity contribution in [3.8, 4) is 0 Å². The molecule has 0 spiro atoms. The van der Waals surface area contributed by atoms with Crippen molar-refractivity contribution in [2.45, 2.75) is 82.1 Å². The summed E-state index contributed by atoms with van der Waals surface area (Å²) in [6.45, 7) is 2.37. The minimum atomic E-state index is -1.23. The zero-order valence-corrected chi connectivity index (χ0v) is 29.0. The Morgan fingerprint density at radius 3 is 2.35 bits per heavy atom. The molecule has 20 heteroatoms. The first-order chi connectivity index (χ1) is 20.5. The average molecular weight is 686 g/mol. The van der Waals surface area contributed by atoms with Gasteiger partial charge in [-0.15, -0.1) is 0 Å². The Morgan fingerprint density at radius 2 is 1.74 bits per heavy atom. The molecule has 1 rings (SSSR count). The summed E-state index contributed by atoms with van der Waals surface area (Å²) in [5.41, 5.74) is 5.61. The monoisotopic (exact) mass is 685 g/mol. The second kappa shape index (κ2) is 21.8. The highest BCUT2D eigenvalue weighted by Gasteiger charge is 2.39. The fourth-order valence-electron chi connectivity index (χ4n) is 4.46. The third kappa shape index (κ3) is 14.2. The molecule has 0 aromatic rings. The third-order valence-electron chi connectivity index (χ3n) is 6.79. The van der Waals surface area contributed by atoms with Gasteiger partial charge in [-0.25, -0.2) is 0 Å². The summed E-state index contributed by atoms with van der Waals surface area (Å²) in [5, 5.41) is 25.2. The van der Waals surface area contributed by atoms with Gasteiger partial charge in [-0.2, -0.15) is 0 Å². The van der Waals surface area contributed by atoms with Gasteiger partial charge in [-0.3, -0.25) is 34.1 Å². The van der Waals surface area contributed by atoms with Crippen molar-refractivity contribution >= 4 is 73.2 Å². The molecular formula is C23H47N9O7P4. The normalized spacial score (nSPS) is 17.8. The number of unbranched alkanes of at least 4 members (excludes halogenated alkanes) is 1. The van der Waals surface area contributed by atoms with E-state index >= 15 is 0 Å². The average Bonchev–Trinajstić information content (AvgIpc) is 3.48. The van der Waals surface area contributed by atoms with Gasteiger partial charge in [0.05, 0.1) is 6.10 Å². The lowest BCUT2D eigenvalue weighted by molar-refractivity contribution is -0.143. The fraction of sp³-hybridized carbons (Fsp3) is 0.739. The second-order valence-corrected chi connectivity index (χ2v) is 11.2. The van der Waals surface area contributed by atoms with Crippen LogP contribution in [0.15, 0.2) is 4.99 Å². The number of aliphatic carboxylic acids is 1. The van der Waals surface area contributed by atoms with Gasteiger partial charge < -0.3 is 46.4 Å². The van der Waals surface area contributed by atoms with E-state index < -0.39 is 66.4 Å². The van der Waals surface area contributed by atoms with Gasteiger partial charge in [-0.05, 0) is 67.8 Å². The molecule has 0 aromatic carbocycles. The van der Waals surface area contributed by atoms with Crippen molar-refractivity contribution < 1.29 is 33.6 Å². The molecule has 1 aliphatic rings. The van der Waals surface area contributed by atoms with E-state index in [-0.39, 0.29) is 18.9 Å². The molecule has 4 unspecified atom stereocenters. The first-order valence-electron chi connectivity index (χ1n) is 13.9. The maximum atomic E-state index is 13.8. The van der Waals surface area contributed by atoms with Gasteiger partial charge in [-0.1, -0.05) is 18.8 Å². The van der Waals surface area contributed by atoms with E-state index in [1.165, 1.54) is 4.90 Å². The summed E-state index contributed by atoms with van der Waals surface area (Å²) in [4.78, 5) is 69.5. The number of carboxylic acid groups (broad SMARTS) is 1. The van der Waals surface area contributed by atoms with Gasteiger partial charge >= 0.3 is 5.97 Å². The van der Waals surface area contributed by atoms with Crippen molar-refractivity contribution in [1.29, 1.82) is 0 Å². The minimum Gasteiger partial charge on any atom is -0.480 e. The lowest BCUT2D eigenvalue weighted by Gasteiger charge is -2.31. The standard InChI is InChI=1S/C23H47N9O7P4/c1-13(39-43)18(30-41)21(37)29-15(6-2-3-10-27-40)22(38)32-11-5-8-16(32)20(36)28-14(19(35)26-12-17(33)34)7-4-9-25-23(24)31-42/h13-16,18,27,30H,2-12,40-43H2,1H3,(H,26,35)(H,28,36)(H,29,37)(H,33,34)(H3,24,25,31)/t13-,14+,15+,16+,18+/m1/s1. The number of nitrogens with one attached hydrogen (secondary N) is 6. The number of nitrogens with zero attached hydrogens (tertiary/aromatic N) is 2. The Hall–Kier alpha value is -1.78. The van der Waals surface area contributed by atoms with Crippen LogP contribution in [0.1, 0.15) is 51.9 Å². The number of nitrogens with two attached hydrogens (primary N) is 1. The molecule has 1 saturated heterocycles. The molecule has 16 nitrogen and oxygen atoms in total. The van der Waals surface area contributed by atoms with Gasteiger partial charge in [0.15, 0.2) is 5.96 Å². The molecule has 246 valence electrons. The smallest absolute Gasteiger partial charge is 0.322 e. The molecule has 0 aliphatic carbocycles. The number of aliphatic imine (C=N–C) groups is 1. The number of hydrogen-bond donors (Lipinski definition) is 8. The summed E-state index contributed by atoms with van der Waals surface area (Å²) in [7, 11) is 9.02. The van der Waals surface area contributed by atoms with E-state index in [1.54, 1.807) is 6.92 Å². The first kappa shape index (κ1) is 39.2. The van der Waals surface area contributed by atoms with E-state index in [4.69, 9.17) is 15.4 Å². The highest BCUT2D eigenvalue weighted by atomic mass is 31.0. The van der Waals surface area contributed by atoms with E-state index in [1.807, 2.05) is 0 Å². The minimum absolute atomic E-state index is 0.160. The molecular weight excluding hydrogens is 638 g/mol. The van der Waals surface area contributed by atoms with Gasteiger partial charge in [0, 0.05) is 22.6 Å². The van der Waals surface area contributed by atoms with Crippen molar-refractivity contribution in [3.05, 3.63) is 0 Å². The number of rotatable bonds is 20. The zero-order chi connectivity index (χ0) is 32.4. The molecule has 0 saturated carbocycles. The molecule has 9 atom stereocenters. The topological polar surface area (TPSA) is 229 Å². The molecule has 1 aliphatic heterocycles. The van der Waals surface area contributed by atoms with E-state index in [9.17, 15) is 24.0 Å². The molecule has 43 heavy (non-hydrogen) atoms. The Bertz CT molecular complexity index is 966. The lowest BCUT2D eigenvalue weighted by Crippen LogP contribution is -2.58. The molecule has 4 amide bonds. The number of carbonyl (C=O) groups is 5. The Kier molecular flexibility index (Phi) is 19.9. The number of carboxylic acids is 1. The maximum absolute atomic E-state index is 13.8. The van der Waals surface area contributed by atoms with Crippen LogP contribution >= 0.6 is 37.6 Å². The third-order valence-corrected chi connectivity index (χ3v) is 8.16. The summed E-state index contributed by atoms with van der Waals surface area (Å²) >= 11 is 0. The summed E-state index contributed by atoms with van der Waals surface area (Å²) in [5.74, 6) is -3.07. The molecule has 0 bridgehead atoms. The van der Waals surface area contributed by atoms with Crippen LogP contribution < -0.4 is 36.9 Å². The largest absolute Gasteiger partial charge is 0.480 e. The molecule has 1 fully saturated rings. The van der Waals surface area contributed by atoms with Crippen LogP contribution in [-0.2, 0) is 28.5 Å². The van der Waals surface area contributed by atoms with Crippen LogP contribution in [0.5, 0.6) is 0 Å². The molecule has 9 N–H and O–H groups in total. The molecule has 1 heterocycles. The first-order valence-corrected chi connectivity index (χ1v) is 16.1. The highest BCUT2D eigenvalue weighted by Crippen LogP contribution is 2.21. The second-order valence-electron chi connectivity index (χ2n) is 9.91. The Labute approximate surface area is 261 Å². The number of guanidine groups is 1. The SMILES string of the molecule is C[C@@H](OP)[C@H](NP)C(=O)N[C@@H](CCCCNP)C(=O)N1CCC[C@H]1C(=O)N[C@@H](CCCN=C(N)NP)C(=O)NCC(=O)O. The lowest BCUT2D eigenvalue weighted by atomic mass is 10.1. The Morgan fingerprint density at radius 1 is 1.05 bits per heavy atom. The van der Waals surface area contributed by atoms with Gasteiger partial charge in [0.1, 0.15) is 30.7 Å². The zero-order valence-electron chi connectivity index (χ0n) is 24.3. The van der Waals surface area contributed by atoms with Crippen molar-refractivity contribution in [2.75, 3.05) is 26.2 Å². The van der Waals surface area contributed by atoms with E-state index in [0.717, 1.165) is 6.42 Å². The summed E-state index contributed by atoms with van der Waals surface area (Å²) in [6, 6.07) is -3.55. The van der Waals surface area contributed by atoms with Crippen LogP contribution in [0.25, 0.3) is 0 Å². The predicted octanol–water partition coefficient (Wildman–Crippen LogP) is -1.88. The van der Waals surface area contributed by atoms with Crippen molar-refractivity contribution in [2.24, 2.45) is 10.7 Å². The van der Waals surface area contributed by atoms with E-state index in [0.29, 0.717) is 45.2 Å². The number of carbonyl (C=O) groups excluding carboxylic acids is 4. The Balaban J connectivity index is 3.07.